The molecule has 1 heterocycles. The fourth-order valence-corrected chi connectivity index (χ4v) is 3.84. The van der Waals surface area contributed by atoms with E-state index in [4.69, 9.17) is 19.3 Å². The Labute approximate surface area is 185 Å². The van der Waals surface area contributed by atoms with Crippen molar-refractivity contribution in [1.82, 2.24) is 4.90 Å². The second-order valence-corrected chi connectivity index (χ2v) is 7.76. The largest absolute Gasteiger partial charge is 0.490 e. The van der Waals surface area contributed by atoms with Crippen LogP contribution >= 0.6 is 27.7 Å². The van der Waals surface area contributed by atoms with Gasteiger partial charge in [0.1, 0.15) is 6.04 Å². The fraction of sp³-hybridized carbons (Fsp3) is 0.368. The standard InChI is InChI=1S/C19H20BrNO8S/c1-4-27-13-6-11(12(20)8-14(13)29-9-16(22)23)7-15-17(24)21(19(26)30-15)10(3)18(25)28-5-2/h6-8,10H,4-5,9H2,1-3H3,(H,22,23)/b15-7+/t10-/m1/s1. The van der Waals surface area contributed by atoms with Crippen molar-refractivity contribution >= 4 is 56.9 Å². The number of benzene rings is 1. The van der Waals surface area contributed by atoms with Gasteiger partial charge in [-0.05, 0) is 56.3 Å². The number of aliphatic carboxylic acids is 1. The Hall–Kier alpha value is -2.53. The van der Waals surface area contributed by atoms with Crippen LogP contribution in [0.1, 0.15) is 26.3 Å². The van der Waals surface area contributed by atoms with Crippen molar-refractivity contribution in [3.05, 3.63) is 27.1 Å². The van der Waals surface area contributed by atoms with Crippen LogP contribution in [-0.4, -0.2) is 59.0 Å². The number of carboxylic acid groups (broad SMARTS) is 1. The molecule has 0 unspecified atom stereocenters. The fourth-order valence-electron chi connectivity index (χ4n) is 2.51. The summed E-state index contributed by atoms with van der Waals surface area (Å²) < 4.78 is 16.1. The molecular weight excluding hydrogens is 482 g/mol. The quantitative estimate of drug-likeness (QED) is 0.401. The topological polar surface area (TPSA) is 119 Å². The molecular formula is C19H20BrNO8S. The Morgan fingerprint density at radius 3 is 2.47 bits per heavy atom. The summed E-state index contributed by atoms with van der Waals surface area (Å²) in [6.07, 6.45) is 1.48. The van der Waals surface area contributed by atoms with Crippen molar-refractivity contribution in [1.29, 1.82) is 0 Å². The number of nitrogens with zero attached hydrogens (tertiary/aromatic N) is 1. The Morgan fingerprint density at radius 1 is 1.20 bits per heavy atom. The number of ether oxygens (including phenoxy) is 3. The first-order valence-electron chi connectivity index (χ1n) is 8.94. The van der Waals surface area contributed by atoms with E-state index in [-0.39, 0.29) is 23.0 Å². The second-order valence-electron chi connectivity index (χ2n) is 5.92. The van der Waals surface area contributed by atoms with E-state index < -0.39 is 35.7 Å². The molecule has 0 spiro atoms. The number of amides is 2. The number of halogens is 1. The molecule has 0 bridgehead atoms. The third-order valence-electron chi connectivity index (χ3n) is 3.84. The highest BCUT2D eigenvalue weighted by Crippen LogP contribution is 2.38. The molecule has 0 aromatic heterocycles. The van der Waals surface area contributed by atoms with E-state index in [1.54, 1.807) is 19.9 Å². The van der Waals surface area contributed by atoms with Crippen LogP contribution in [0, 0.1) is 0 Å². The predicted molar refractivity (Wildman–Crippen MR) is 112 cm³/mol. The molecule has 11 heteroatoms. The van der Waals surface area contributed by atoms with E-state index in [9.17, 15) is 19.2 Å². The van der Waals surface area contributed by atoms with Gasteiger partial charge in [0.25, 0.3) is 11.1 Å². The first-order chi connectivity index (χ1) is 14.2. The number of thioether (sulfide) groups is 1. The number of esters is 1. The van der Waals surface area contributed by atoms with Crippen molar-refractivity contribution in [3.8, 4) is 11.5 Å². The number of carbonyl (C=O) groups excluding carboxylic acids is 3. The van der Waals surface area contributed by atoms with Crippen molar-refractivity contribution in [2.45, 2.75) is 26.8 Å². The highest BCUT2D eigenvalue weighted by Gasteiger charge is 2.41. The van der Waals surface area contributed by atoms with E-state index >= 15 is 0 Å². The molecule has 0 aliphatic carbocycles. The van der Waals surface area contributed by atoms with E-state index in [0.29, 0.717) is 28.4 Å². The molecule has 9 nitrogen and oxygen atoms in total. The Bertz CT molecular complexity index is 901. The minimum absolute atomic E-state index is 0.124. The summed E-state index contributed by atoms with van der Waals surface area (Å²) in [4.78, 5) is 48.7. The minimum Gasteiger partial charge on any atom is -0.490 e. The predicted octanol–water partition coefficient (Wildman–Crippen LogP) is 3.30. The van der Waals surface area contributed by atoms with Crippen molar-refractivity contribution in [2.75, 3.05) is 19.8 Å². The first kappa shape index (κ1) is 23.7. The number of hydrogen-bond donors (Lipinski definition) is 1. The number of carbonyl (C=O) groups is 4. The summed E-state index contributed by atoms with van der Waals surface area (Å²) in [7, 11) is 0. The van der Waals surface area contributed by atoms with Crippen LogP contribution in [0.5, 0.6) is 11.5 Å². The van der Waals surface area contributed by atoms with Gasteiger partial charge in [0, 0.05) is 4.47 Å². The highest BCUT2D eigenvalue weighted by atomic mass is 79.9. The molecule has 1 aliphatic heterocycles. The first-order valence-corrected chi connectivity index (χ1v) is 10.5. The second kappa shape index (κ2) is 10.5. The summed E-state index contributed by atoms with van der Waals surface area (Å²) in [6.45, 7) is 4.71. The third kappa shape index (κ3) is 5.54. The molecule has 1 fully saturated rings. The maximum absolute atomic E-state index is 12.7. The zero-order chi connectivity index (χ0) is 22.4. The van der Waals surface area contributed by atoms with Crippen LogP contribution in [0.15, 0.2) is 21.5 Å². The number of imide groups is 1. The average molecular weight is 502 g/mol. The molecule has 0 saturated carbocycles. The molecule has 30 heavy (non-hydrogen) atoms. The van der Waals surface area contributed by atoms with Crippen LogP contribution < -0.4 is 9.47 Å². The van der Waals surface area contributed by atoms with Gasteiger partial charge in [-0.1, -0.05) is 15.9 Å². The average Bonchev–Trinajstić information content (AvgIpc) is 2.95. The summed E-state index contributed by atoms with van der Waals surface area (Å²) in [5.41, 5.74) is 0.510. The lowest BCUT2D eigenvalue weighted by Crippen LogP contribution is -2.42. The van der Waals surface area contributed by atoms with E-state index in [0.717, 1.165) is 4.90 Å². The Balaban J connectivity index is 2.34. The zero-order valence-electron chi connectivity index (χ0n) is 16.5. The molecule has 1 aromatic carbocycles. The Morgan fingerprint density at radius 2 is 1.87 bits per heavy atom. The van der Waals surface area contributed by atoms with Gasteiger partial charge in [-0.25, -0.2) is 9.59 Å². The molecule has 162 valence electrons. The lowest BCUT2D eigenvalue weighted by atomic mass is 10.1. The molecule has 1 N–H and O–H groups in total. The van der Waals surface area contributed by atoms with Crippen LogP contribution in [0.3, 0.4) is 0 Å². The van der Waals surface area contributed by atoms with Crippen LogP contribution in [0.4, 0.5) is 4.79 Å². The molecule has 1 aliphatic rings. The number of rotatable bonds is 9. The maximum Gasteiger partial charge on any atom is 0.341 e. The zero-order valence-corrected chi connectivity index (χ0v) is 18.9. The normalized spacial score (nSPS) is 16.0. The molecule has 1 aromatic rings. The van der Waals surface area contributed by atoms with Gasteiger partial charge in [0.2, 0.25) is 0 Å². The van der Waals surface area contributed by atoms with Crippen LogP contribution in [0.25, 0.3) is 6.08 Å². The smallest absolute Gasteiger partial charge is 0.341 e. The van der Waals surface area contributed by atoms with Crippen molar-refractivity contribution in [2.24, 2.45) is 0 Å². The lowest BCUT2D eigenvalue weighted by molar-refractivity contribution is -0.150. The Kier molecular flexibility index (Phi) is 8.30. The summed E-state index contributed by atoms with van der Waals surface area (Å²) in [5.74, 6) is -1.91. The van der Waals surface area contributed by atoms with Crippen molar-refractivity contribution in [3.63, 3.8) is 0 Å². The summed E-state index contributed by atoms with van der Waals surface area (Å²) >= 11 is 4.06. The third-order valence-corrected chi connectivity index (χ3v) is 5.41. The van der Waals surface area contributed by atoms with Crippen molar-refractivity contribution < 1.29 is 38.5 Å². The van der Waals surface area contributed by atoms with Gasteiger partial charge in [0.05, 0.1) is 18.1 Å². The molecule has 2 amide bonds. The minimum atomic E-state index is -1.14. The van der Waals surface area contributed by atoms with Gasteiger partial charge >= 0.3 is 11.9 Å². The SMILES string of the molecule is CCOC(=O)[C@@H](C)N1C(=O)S/C(=C/c2cc(OCC)c(OCC(=O)O)cc2Br)C1=O. The van der Waals surface area contributed by atoms with Gasteiger partial charge in [0.15, 0.2) is 18.1 Å². The molecule has 0 radical (unpaired) electrons. The summed E-state index contributed by atoms with van der Waals surface area (Å²) in [6, 6.07) is 2.04. The maximum atomic E-state index is 12.7. The number of carboxylic acids is 1. The van der Waals surface area contributed by atoms with Crippen LogP contribution in [0.2, 0.25) is 0 Å². The molecule has 2 rings (SSSR count). The van der Waals surface area contributed by atoms with Gasteiger partial charge < -0.3 is 19.3 Å². The number of hydrogen-bond acceptors (Lipinski definition) is 8. The lowest BCUT2D eigenvalue weighted by Gasteiger charge is -2.19. The van der Waals surface area contributed by atoms with Crippen LogP contribution in [-0.2, 0) is 19.1 Å². The summed E-state index contributed by atoms with van der Waals surface area (Å²) in [5, 5.41) is 8.23. The van der Waals surface area contributed by atoms with E-state index in [2.05, 4.69) is 15.9 Å². The van der Waals surface area contributed by atoms with E-state index in [1.165, 1.54) is 19.1 Å². The van der Waals surface area contributed by atoms with Gasteiger partial charge in [-0.3, -0.25) is 14.5 Å². The van der Waals surface area contributed by atoms with Gasteiger partial charge in [-0.2, -0.15) is 0 Å². The van der Waals surface area contributed by atoms with E-state index in [1.807, 2.05) is 0 Å². The van der Waals surface area contributed by atoms with Gasteiger partial charge in [-0.15, -0.1) is 0 Å². The monoisotopic (exact) mass is 501 g/mol. The molecule has 1 atom stereocenters. The molecule has 1 saturated heterocycles. The highest BCUT2D eigenvalue weighted by molar-refractivity contribution is 9.10.